The Kier molecular flexibility index (Phi) is 3.76. The van der Waals surface area contributed by atoms with Gasteiger partial charge in [-0.2, -0.15) is 5.26 Å². The van der Waals surface area contributed by atoms with Crippen molar-refractivity contribution in [1.82, 2.24) is 4.98 Å². The molecule has 0 saturated heterocycles. The van der Waals surface area contributed by atoms with Crippen LogP contribution < -0.4 is 4.74 Å². The number of ether oxygens (including phenoxy) is 1. The SMILES string of the molecule is N#Cc1ccc([N+](=O)[O-])c(Oc2cnccc2C(=O)O)c1. The molecule has 0 spiro atoms. The largest absolute Gasteiger partial charge is 0.478 e. The number of nitro benzene ring substituents is 1. The number of carboxylic acids is 1. The number of carbonyl (C=O) groups is 1. The standard InChI is InChI=1S/C13H7N3O5/c14-6-8-1-2-10(16(19)20)11(5-8)21-12-7-15-4-3-9(12)13(17)18/h1-5,7H,(H,17,18). The number of pyridine rings is 1. The molecule has 0 unspecified atom stereocenters. The van der Waals surface area contributed by atoms with Gasteiger partial charge in [0.1, 0.15) is 5.56 Å². The fraction of sp³-hybridized carbons (Fsp3) is 0. The van der Waals surface area contributed by atoms with Crippen molar-refractivity contribution in [2.45, 2.75) is 0 Å². The van der Waals surface area contributed by atoms with Crippen molar-refractivity contribution in [3.63, 3.8) is 0 Å². The summed E-state index contributed by atoms with van der Waals surface area (Å²) in [4.78, 5) is 25.0. The van der Waals surface area contributed by atoms with E-state index in [4.69, 9.17) is 15.1 Å². The molecule has 0 atom stereocenters. The van der Waals surface area contributed by atoms with Gasteiger partial charge in [-0.3, -0.25) is 15.1 Å². The summed E-state index contributed by atoms with van der Waals surface area (Å²) < 4.78 is 5.27. The molecule has 0 aliphatic heterocycles. The third-order valence-corrected chi connectivity index (χ3v) is 2.52. The molecule has 0 aliphatic rings. The number of carboxylic acid groups (broad SMARTS) is 1. The molecule has 8 nitrogen and oxygen atoms in total. The second-order valence-electron chi connectivity index (χ2n) is 3.83. The van der Waals surface area contributed by atoms with Crippen LogP contribution in [0.5, 0.6) is 11.5 Å². The van der Waals surface area contributed by atoms with Crippen LogP contribution in [0, 0.1) is 21.4 Å². The lowest BCUT2D eigenvalue weighted by Gasteiger charge is -2.08. The lowest BCUT2D eigenvalue weighted by Crippen LogP contribution is -2.01. The summed E-state index contributed by atoms with van der Waals surface area (Å²) in [6, 6.07) is 6.58. The molecule has 104 valence electrons. The van der Waals surface area contributed by atoms with E-state index in [0.717, 1.165) is 18.3 Å². The average molecular weight is 285 g/mol. The lowest BCUT2D eigenvalue weighted by molar-refractivity contribution is -0.385. The van der Waals surface area contributed by atoms with Gasteiger partial charge in [-0.1, -0.05) is 0 Å². The Balaban J connectivity index is 2.51. The normalized spacial score (nSPS) is 9.67. The van der Waals surface area contributed by atoms with E-state index in [1.54, 1.807) is 0 Å². The number of nitriles is 1. The Morgan fingerprint density at radius 1 is 1.38 bits per heavy atom. The van der Waals surface area contributed by atoms with E-state index in [2.05, 4.69) is 4.98 Å². The Labute approximate surface area is 118 Å². The van der Waals surface area contributed by atoms with Crippen LogP contribution in [0.25, 0.3) is 0 Å². The van der Waals surface area contributed by atoms with Crippen LogP contribution in [-0.4, -0.2) is 21.0 Å². The van der Waals surface area contributed by atoms with Crippen molar-refractivity contribution in [3.8, 4) is 17.6 Å². The van der Waals surface area contributed by atoms with Gasteiger partial charge in [0.25, 0.3) is 0 Å². The average Bonchev–Trinajstić information content (AvgIpc) is 2.47. The van der Waals surface area contributed by atoms with Crippen LogP contribution >= 0.6 is 0 Å². The first kappa shape index (κ1) is 14.0. The minimum Gasteiger partial charge on any atom is -0.478 e. The first-order valence-corrected chi connectivity index (χ1v) is 5.56. The van der Waals surface area contributed by atoms with Crippen molar-refractivity contribution >= 4 is 11.7 Å². The molecular weight excluding hydrogens is 278 g/mol. The Morgan fingerprint density at radius 3 is 2.76 bits per heavy atom. The Hall–Kier alpha value is -3.47. The van der Waals surface area contributed by atoms with E-state index < -0.39 is 10.9 Å². The zero-order valence-electron chi connectivity index (χ0n) is 10.4. The highest BCUT2D eigenvalue weighted by Crippen LogP contribution is 2.33. The predicted molar refractivity (Wildman–Crippen MR) is 69.1 cm³/mol. The second kappa shape index (κ2) is 5.66. The van der Waals surface area contributed by atoms with Crippen LogP contribution in [0.3, 0.4) is 0 Å². The summed E-state index contributed by atoms with van der Waals surface area (Å²) >= 11 is 0. The molecule has 2 rings (SSSR count). The van der Waals surface area contributed by atoms with Crippen LogP contribution in [0.2, 0.25) is 0 Å². The number of hydrogen-bond acceptors (Lipinski definition) is 6. The van der Waals surface area contributed by atoms with Crippen molar-refractivity contribution < 1.29 is 19.6 Å². The molecule has 1 heterocycles. The highest BCUT2D eigenvalue weighted by molar-refractivity contribution is 5.90. The van der Waals surface area contributed by atoms with E-state index >= 15 is 0 Å². The number of nitrogens with zero attached hydrogens (tertiary/aromatic N) is 3. The van der Waals surface area contributed by atoms with Gasteiger partial charge < -0.3 is 9.84 Å². The van der Waals surface area contributed by atoms with Gasteiger partial charge >= 0.3 is 11.7 Å². The number of aromatic carboxylic acids is 1. The molecule has 0 bridgehead atoms. The summed E-state index contributed by atoms with van der Waals surface area (Å²) in [6.07, 6.45) is 2.39. The highest BCUT2D eigenvalue weighted by atomic mass is 16.6. The smallest absolute Gasteiger partial charge is 0.339 e. The summed E-state index contributed by atoms with van der Waals surface area (Å²) in [5, 5.41) is 28.8. The van der Waals surface area contributed by atoms with Gasteiger partial charge in [-0.05, 0) is 12.1 Å². The van der Waals surface area contributed by atoms with E-state index in [0.29, 0.717) is 0 Å². The quantitative estimate of drug-likeness (QED) is 0.674. The number of aromatic nitrogens is 1. The molecule has 0 aliphatic carbocycles. The summed E-state index contributed by atoms with van der Waals surface area (Å²) in [6.45, 7) is 0. The molecule has 2 aromatic rings. The Morgan fingerprint density at radius 2 is 2.14 bits per heavy atom. The van der Waals surface area contributed by atoms with Crippen LogP contribution in [0.4, 0.5) is 5.69 Å². The highest BCUT2D eigenvalue weighted by Gasteiger charge is 2.19. The van der Waals surface area contributed by atoms with Crippen LogP contribution in [-0.2, 0) is 0 Å². The number of benzene rings is 1. The summed E-state index contributed by atoms with van der Waals surface area (Å²) in [7, 11) is 0. The van der Waals surface area contributed by atoms with Crippen LogP contribution in [0.15, 0.2) is 36.7 Å². The maximum Gasteiger partial charge on any atom is 0.339 e. The second-order valence-corrected chi connectivity index (χ2v) is 3.83. The topological polar surface area (TPSA) is 126 Å². The molecule has 0 fully saturated rings. The first-order valence-electron chi connectivity index (χ1n) is 5.56. The van der Waals surface area contributed by atoms with Gasteiger partial charge in [-0.15, -0.1) is 0 Å². The van der Waals surface area contributed by atoms with Crippen LogP contribution in [0.1, 0.15) is 15.9 Å². The van der Waals surface area contributed by atoms with Crippen molar-refractivity contribution in [2.75, 3.05) is 0 Å². The summed E-state index contributed by atoms with van der Waals surface area (Å²) in [5.41, 5.74) is -0.424. The van der Waals surface area contributed by atoms with E-state index in [-0.39, 0.29) is 28.3 Å². The molecule has 1 N–H and O–H groups in total. The fourth-order valence-corrected chi connectivity index (χ4v) is 1.57. The molecule has 0 radical (unpaired) electrons. The van der Waals surface area contributed by atoms with Gasteiger partial charge in [0, 0.05) is 18.3 Å². The summed E-state index contributed by atoms with van der Waals surface area (Å²) in [5.74, 6) is -1.63. The lowest BCUT2D eigenvalue weighted by atomic mass is 10.2. The van der Waals surface area contributed by atoms with Gasteiger partial charge in [0.15, 0.2) is 5.75 Å². The molecule has 0 amide bonds. The zero-order chi connectivity index (χ0) is 15.4. The van der Waals surface area contributed by atoms with E-state index in [1.165, 1.54) is 18.3 Å². The monoisotopic (exact) mass is 285 g/mol. The minimum absolute atomic E-state index is 0.149. The third-order valence-electron chi connectivity index (χ3n) is 2.52. The third kappa shape index (κ3) is 2.93. The van der Waals surface area contributed by atoms with Crippen molar-refractivity contribution in [2.24, 2.45) is 0 Å². The Bertz CT molecular complexity index is 767. The molecular formula is C13H7N3O5. The fourth-order valence-electron chi connectivity index (χ4n) is 1.57. The predicted octanol–water partition coefficient (Wildman–Crippen LogP) is 2.35. The number of rotatable bonds is 4. The first-order chi connectivity index (χ1) is 10.0. The molecule has 1 aromatic heterocycles. The van der Waals surface area contributed by atoms with Gasteiger partial charge in [0.2, 0.25) is 5.75 Å². The molecule has 1 aromatic carbocycles. The zero-order valence-corrected chi connectivity index (χ0v) is 10.4. The minimum atomic E-state index is -1.26. The maximum atomic E-state index is 11.1. The molecule has 0 saturated carbocycles. The van der Waals surface area contributed by atoms with E-state index in [1.807, 2.05) is 6.07 Å². The number of hydrogen-bond donors (Lipinski definition) is 1. The molecule has 8 heteroatoms. The van der Waals surface area contributed by atoms with Crippen molar-refractivity contribution in [3.05, 3.63) is 57.9 Å². The maximum absolute atomic E-state index is 11.1. The van der Waals surface area contributed by atoms with E-state index in [9.17, 15) is 14.9 Å². The molecule has 21 heavy (non-hydrogen) atoms. The van der Waals surface area contributed by atoms with Gasteiger partial charge in [0.05, 0.1) is 22.8 Å². The number of nitro groups is 1. The van der Waals surface area contributed by atoms with Gasteiger partial charge in [-0.25, -0.2) is 4.79 Å². The van der Waals surface area contributed by atoms with Crippen molar-refractivity contribution in [1.29, 1.82) is 5.26 Å².